The van der Waals surface area contributed by atoms with E-state index in [-0.39, 0.29) is 11.5 Å². The van der Waals surface area contributed by atoms with Crippen molar-refractivity contribution in [3.63, 3.8) is 0 Å². The first-order valence-corrected chi connectivity index (χ1v) is 9.97. The molecule has 0 saturated heterocycles. The first-order chi connectivity index (χ1) is 12.9. The molecule has 5 heteroatoms. The zero-order valence-corrected chi connectivity index (χ0v) is 17.3. The largest absolute Gasteiger partial charge is 0.356 e. The van der Waals surface area contributed by atoms with Crippen molar-refractivity contribution in [2.45, 2.75) is 57.9 Å². The van der Waals surface area contributed by atoms with E-state index in [0.29, 0.717) is 0 Å². The number of aliphatic imine (C=N–C) groups is 1. The van der Waals surface area contributed by atoms with E-state index in [0.717, 1.165) is 24.6 Å². The summed E-state index contributed by atoms with van der Waals surface area (Å²) in [5.41, 5.74) is 5.37. The van der Waals surface area contributed by atoms with Crippen molar-refractivity contribution in [2.24, 2.45) is 12.0 Å². The maximum absolute atomic E-state index is 4.53. The van der Waals surface area contributed by atoms with E-state index >= 15 is 0 Å². The van der Waals surface area contributed by atoms with Crippen LogP contribution in [0.25, 0.3) is 0 Å². The normalized spacial score (nSPS) is 17.3. The fourth-order valence-electron chi connectivity index (χ4n) is 4.11. The molecule has 2 N–H and O–H groups in total. The van der Waals surface area contributed by atoms with Gasteiger partial charge in [-0.25, -0.2) is 0 Å². The molecule has 1 aromatic carbocycles. The molecule has 1 aliphatic rings. The summed E-state index contributed by atoms with van der Waals surface area (Å²) in [4.78, 5) is 4.45. The second-order valence-electron chi connectivity index (χ2n) is 7.95. The molecule has 1 fully saturated rings. The Hall–Kier alpha value is -2.30. The molecule has 1 heterocycles. The zero-order valence-electron chi connectivity index (χ0n) is 17.3. The van der Waals surface area contributed by atoms with Crippen LogP contribution in [-0.4, -0.2) is 35.4 Å². The zero-order chi connectivity index (χ0) is 19.4. The predicted octanol–water partition coefficient (Wildman–Crippen LogP) is 3.25. The van der Waals surface area contributed by atoms with Crippen LogP contribution in [-0.2, 0) is 18.9 Å². The topological polar surface area (TPSA) is 54.2 Å². The summed E-state index contributed by atoms with van der Waals surface area (Å²) in [6.07, 6.45) is 4.73. The van der Waals surface area contributed by atoms with E-state index in [1.807, 2.05) is 18.8 Å². The first kappa shape index (κ1) is 19.5. The summed E-state index contributed by atoms with van der Waals surface area (Å²) in [6.45, 7) is 7.35. The third kappa shape index (κ3) is 4.18. The number of hydrogen-bond acceptors (Lipinski definition) is 2. The average molecular weight is 368 g/mol. The number of benzene rings is 1. The number of guanidine groups is 1. The number of nitrogens with zero attached hydrogens (tertiary/aromatic N) is 3. The molecule has 0 amide bonds. The Kier molecular flexibility index (Phi) is 5.88. The molecule has 1 saturated carbocycles. The fourth-order valence-corrected chi connectivity index (χ4v) is 4.11. The highest BCUT2D eigenvalue weighted by molar-refractivity contribution is 5.80. The van der Waals surface area contributed by atoms with Crippen LogP contribution in [0.4, 0.5) is 0 Å². The number of nitrogens with one attached hydrogen (secondary N) is 2. The van der Waals surface area contributed by atoms with Gasteiger partial charge in [0.05, 0.1) is 5.69 Å². The van der Waals surface area contributed by atoms with Gasteiger partial charge in [0.15, 0.2) is 5.96 Å². The summed E-state index contributed by atoms with van der Waals surface area (Å²) >= 11 is 0. The average Bonchev–Trinajstić information content (AvgIpc) is 2.86. The van der Waals surface area contributed by atoms with Crippen molar-refractivity contribution >= 4 is 5.96 Å². The quantitative estimate of drug-likeness (QED) is 0.609. The molecule has 0 aliphatic heterocycles. The molecule has 2 aromatic rings. The van der Waals surface area contributed by atoms with Crippen LogP contribution >= 0.6 is 0 Å². The molecular formula is C22H33N5. The van der Waals surface area contributed by atoms with Gasteiger partial charge in [0, 0.05) is 37.8 Å². The molecule has 1 atom stereocenters. The van der Waals surface area contributed by atoms with Crippen LogP contribution in [0.3, 0.4) is 0 Å². The van der Waals surface area contributed by atoms with Gasteiger partial charge >= 0.3 is 0 Å². The Morgan fingerprint density at radius 1 is 1.26 bits per heavy atom. The Morgan fingerprint density at radius 2 is 1.96 bits per heavy atom. The summed E-state index contributed by atoms with van der Waals surface area (Å²) in [6, 6.07) is 11.2. The Bertz CT molecular complexity index is 787. The van der Waals surface area contributed by atoms with Crippen LogP contribution in [0, 0.1) is 13.8 Å². The molecule has 1 aromatic heterocycles. The second kappa shape index (κ2) is 8.15. The highest BCUT2D eigenvalue weighted by Gasteiger charge is 2.38. The SMILES string of the molecule is CN=C(NCC1(c2ccccc2)CCC1)NC(C)Cc1c(C)nn(C)c1C. The highest BCUT2D eigenvalue weighted by atomic mass is 15.3. The van der Waals surface area contributed by atoms with Gasteiger partial charge in [-0.15, -0.1) is 0 Å². The molecule has 3 rings (SSSR count). The van der Waals surface area contributed by atoms with Gasteiger partial charge in [-0.05, 0) is 51.2 Å². The molecule has 146 valence electrons. The van der Waals surface area contributed by atoms with Gasteiger partial charge in [0.2, 0.25) is 0 Å². The van der Waals surface area contributed by atoms with Crippen molar-refractivity contribution in [2.75, 3.05) is 13.6 Å². The van der Waals surface area contributed by atoms with E-state index in [4.69, 9.17) is 0 Å². The predicted molar refractivity (Wildman–Crippen MR) is 112 cm³/mol. The maximum Gasteiger partial charge on any atom is 0.191 e. The van der Waals surface area contributed by atoms with E-state index in [9.17, 15) is 0 Å². The lowest BCUT2D eigenvalue weighted by Gasteiger charge is -2.43. The standard InChI is InChI=1S/C22H33N5/c1-16(14-20-17(2)26-27(5)18(20)3)25-21(23-4)24-15-22(12-9-13-22)19-10-7-6-8-11-19/h6-8,10-11,16H,9,12-15H2,1-5H3,(H2,23,24,25). The van der Waals surface area contributed by atoms with Crippen LogP contribution in [0.1, 0.15) is 48.7 Å². The lowest BCUT2D eigenvalue weighted by Crippen LogP contribution is -2.50. The molecule has 0 spiro atoms. The second-order valence-corrected chi connectivity index (χ2v) is 7.95. The molecule has 0 bridgehead atoms. The lowest BCUT2D eigenvalue weighted by atomic mass is 9.64. The van der Waals surface area contributed by atoms with Gasteiger partial charge < -0.3 is 10.6 Å². The summed E-state index contributed by atoms with van der Waals surface area (Å²) in [5, 5.41) is 11.7. The highest BCUT2D eigenvalue weighted by Crippen LogP contribution is 2.43. The smallest absolute Gasteiger partial charge is 0.191 e. The van der Waals surface area contributed by atoms with Crippen molar-refractivity contribution in [3.8, 4) is 0 Å². The molecule has 1 aliphatic carbocycles. The lowest BCUT2D eigenvalue weighted by molar-refractivity contribution is 0.243. The van der Waals surface area contributed by atoms with E-state index in [1.165, 1.54) is 36.1 Å². The number of aromatic nitrogens is 2. The monoisotopic (exact) mass is 367 g/mol. The molecule has 5 nitrogen and oxygen atoms in total. The minimum absolute atomic E-state index is 0.249. The Balaban J connectivity index is 1.59. The van der Waals surface area contributed by atoms with E-state index in [1.54, 1.807) is 0 Å². The van der Waals surface area contributed by atoms with Crippen LogP contribution in [0.15, 0.2) is 35.3 Å². The van der Waals surface area contributed by atoms with Gasteiger partial charge in [-0.1, -0.05) is 36.8 Å². The number of hydrogen-bond donors (Lipinski definition) is 2. The number of aryl methyl sites for hydroxylation is 2. The maximum atomic E-state index is 4.53. The Labute approximate surface area is 163 Å². The molecule has 1 unspecified atom stereocenters. The third-order valence-corrected chi connectivity index (χ3v) is 6.07. The van der Waals surface area contributed by atoms with Crippen molar-refractivity contribution in [1.29, 1.82) is 0 Å². The molecule has 0 radical (unpaired) electrons. The van der Waals surface area contributed by atoms with Gasteiger partial charge in [-0.3, -0.25) is 9.67 Å². The first-order valence-electron chi connectivity index (χ1n) is 9.97. The third-order valence-electron chi connectivity index (χ3n) is 6.07. The Morgan fingerprint density at radius 3 is 2.48 bits per heavy atom. The molecular weight excluding hydrogens is 334 g/mol. The number of rotatable bonds is 6. The summed E-state index contributed by atoms with van der Waals surface area (Å²) in [5.74, 6) is 0.879. The van der Waals surface area contributed by atoms with Crippen molar-refractivity contribution < 1.29 is 0 Å². The van der Waals surface area contributed by atoms with Crippen LogP contribution in [0.2, 0.25) is 0 Å². The van der Waals surface area contributed by atoms with Gasteiger partial charge in [-0.2, -0.15) is 5.10 Å². The van der Waals surface area contributed by atoms with Crippen molar-refractivity contribution in [1.82, 2.24) is 20.4 Å². The fraction of sp³-hybridized carbons (Fsp3) is 0.545. The van der Waals surface area contributed by atoms with Crippen LogP contribution in [0.5, 0.6) is 0 Å². The van der Waals surface area contributed by atoms with E-state index < -0.39 is 0 Å². The van der Waals surface area contributed by atoms with Crippen molar-refractivity contribution in [3.05, 3.63) is 52.8 Å². The molecule has 27 heavy (non-hydrogen) atoms. The van der Waals surface area contributed by atoms with Gasteiger partial charge in [0.25, 0.3) is 0 Å². The summed E-state index contributed by atoms with van der Waals surface area (Å²) in [7, 11) is 3.85. The van der Waals surface area contributed by atoms with Gasteiger partial charge in [0.1, 0.15) is 0 Å². The minimum Gasteiger partial charge on any atom is -0.356 e. The minimum atomic E-state index is 0.249. The van der Waals surface area contributed by atoms with E-state index in [2.05, 4.69) is 71.8 Å². The summed E-state index contributed by atoms with van der Waals surface area (Å²) < 4.78 is 1.96. The van der Waals surface area contributed by atoms with Crippen LogP contribution < -0.4 is 10.6 Å².